The first-order chi connectivity index (χ1) is 14.4. The topological polar surface area (TPSA) is 128 Å². The Balaban J connectivity index is 3.23. The van der Waals surface area contributed by atoms with Crippen molar-refractivity contribution in [3.63, 3.8) is 0 Å². The minimum absolute atomic E-state index is 0.144. The molecule has 2 N–H and O–H groups in total. The Bertz CT molecular complexity index is 923. The summed E-state index contributed by atoms with van der Waals surface area (Å²) in [5.74, 6) is -1.94. The second-order valence-electron chi connectivity index (χ2n) is 8.00. The van der Waals surface area contributed by atoms with Gasteiger partial charge in [0.25, 0.3) is 0 Å². The third-order valence-electron chi connectivity index (χ3n) is 3.56. The zero-order valence-electron chi connectivity index (χ0n) is 18.1. The smallest absolute Gasteiger partial charge is 0.479 e. The fourth-order valence-electron chi connectivity index (χ4n) is 2.36. The molecule has 1 rings (SSSR count). The number of hydrogen-bond acceptors (Lipinski definition) is 7. The van der Waals surface area contributed by atoms with E-state index >= 15 is 0 Å². The van der Waals surface area contributed by atoms with E-state index in [0.29, 0.717) is 5.56 Å². The molecule has 0 aromatic heterocycles. The maximum absolute atomic E-state index is 12.7. The molecule has 0 aliphatic heterocycles. The number of carboxylic acid groups (broad SMARTS) is 1. The van der Waals surface area contributed by atoms with E-state index in [1.807, 2.05) is 0 Å². The van der Waals surface area contributed by atoms with Crippen LogP contribution in [0.15, 0.2) is 18.2 Å². The summed E-state index contributed by atoms with van der Waals surface area (Å²) >= 11 is 0. The molecule has 1 aromatic rings. The number of alkyl carbamates (subject to hydrolysis) is 1. The Hall–Kier alpha value is -2.54. The van der Waals surface area contributed by atoms with Gasteiger partial charge in [-0.05, 0) is 46.2 Å². The molecule has 0 aliphatic carbocycles. The second-order valence-corrected chi connectivity index (χ2v) is 9.53. The third-order valence-corrected chi connectivity index (χ3v) is 4.53. The third kappa shape index (κ3) is 8.91. The Labute approximate surface area is 184 Å². The Morgan fingerprint density at radius 2 is 1.75 bits per heavy atom. The standard InChI is InChI=1S/C19H26F3NO8S/c1-11(2)29-15(16(24)25)9-12-6-7-14(31-32(27,28)19(20,21)22)13(8-12)10-23-17(26)30-18(3,4)5/h6-8,11,15H,9-10H2,1-5H3,(H,23,26)(H,24,25). The number of amides is 1. The van der Waals surface area contributed by atoms with E-state index in [-0.39, 0.29) is 12.0 Å². The number of benzene rings is 1. The summed E-state index contributed by atoms with van der Waals surface area (Å²) < 4.78 is 75.6. The highest BCUT2D eigenvalue weighted by atomic mass is 32.2. The molecule has 0 saturated carbocycles. The Morgan fingerprint density at radius 1 is 1.16 bits per heavy atom. The first-order valence-electron chi connectivity index (χ1n) is 9.39. The van der Waals surface area contributed by atoms with Gasteiger partial charge in [0.2, 0.25) is 0 Å². The van der Waals surface area contributed by atoms with E-state index in [4.69, 9.17) is 9.47 Å². The van der Waals surface area contributed by atoms with Crippen molar-refractivity contribution >= 4 is 22.2 Å². The lowest BCUT2D eigenvalue weighted by Gasteiger charge is -2.21. The van der Waals surface area contributed by atoms with Crippen molar-refractivity contribution < 1.29 is 49.9 Å². The van der Waals surface area contributed by atoms with Gasteiger partial charge in [-0.1, -0.05) is 12.1 Å². The van der Waals surface area contributed by atoms with Crippen LogP contribution in [0.4, 0.5) is 18.0 Å². The highest BCUT2D eigenvalue weighted by Crippen LogP contribution is 2.30. The summed E-state index contributed by atoms with van der Waals surface area (Å²) in [6.45, 7) is 7.60. The quantitative estimate of drug-likeness (QED) is 0.403. The largest absolute Gasteiger partial charge is 0.534 e. The van der Waals surface area contributed by atoms with E-state index in [2.05, 4.69) is 9.50 Å². The number of hydrogen-bond donors (Lipinski definition) is 2. The number of aliphatic carboxylic acids is 1. The number of carboxylic acids is 1. The van der Waals surface area contributed by atoms with Crippen LogP contribution in [0.5, 0.6) is 5.75 Å². The molecule has 0 heterocycles. The normalized spacial score (nSPS) is 13.5. The average Bonchev–Trinajstić information content (AvgIpc) is 2.58. The molecule has 1 aromatic carbocycles. The van der Waals surface area contributed by atoms with Crippen molar-refractivity contribution in [3.8, 4) is 5.75 Å². The average molecular weight is 485 g/mol. The molecule has 182 valence electrons. The predicted octanol–water partition coefficient (Wildman–Crippen LogP) is 3.36. The first kappa shape index (κ1) is 27.5. The van der Waals surface area contributed by atoms with Crippen molar-refractivity contribution in [1.29, 1.82) is 0 Å². The fourth-order valence-corrected chi connectivity index (χ4v) is 2.86. The molecule has 9 nitrogen and oxygen atoms in total. The maximum Gasteiger partial charge on any atom is 0.534 e. The molecule has 32 heavy (non-hydrogen) atoms. The van der Waals surface area contributed by atoms with Gasteiger partial charge < -0.3 is 24.1 Å². The van der Waals surface area contributed by atoms with E-state index in [9.17, 15) is 36.3 Å². The van der Waals surface area contributed by atoms with Gasteiger partial charge in [0, 0.05) is 18.5 Å². The summed E-state index contributed by atoms with van der Waals surface area (Å²) in [6.07, 6.45) is -2.74. The highest BCUT2D eigenvalue weighted by molar-refractivity contribution is 7.88. The molecule has 1 atom stereocenters. The number of ether oxygens (including phenoxy) is 2. The molecular weight excluding hydrogens is 459 g/mol. The van der Waals surface area contributed by atoms with Crippen LogP contribution in [0.25, 0.3) is 0 Å². The summed E-state index contributed by atoms with van der Waals surface area (Å²) in [5, 5.41) is 11.6. The summed E-state index contributed by atoms with van der Waals surface area (Å²) in [4.78, 5) is 23.3. The van der Waals surface area contributed by atoms with Crippen LogP contribution in [-0.2, 0) is 37.4 Å². The maximum atomic E-state index is 12.7. The van der Waals surface area contributed by atoms with Gasteiger partial charge in [-0.2, -0.15) is 21.6 Å². The zero-order valence-corrected chi connectivity index (χ0v) is 19.0. The van der Waals surface area contributed by atoms with E-state index in [1.165, 1.54) is 12.1 Å². The number of halogens is 3. The van der Waals surface area contributed by atoms with Crippen LogP contribution >= 0.6 is 0 Å². The second kappa shape index (κ2) is 10.4. The molecule has 0 fully saturated rings. The van der Waals surface area contributed by atoms with Crippen molar-refractivity contribution in [2.45, 2.75) is 70.9 Å². The first-order valence-corrected chi connectivity index (χ1v) is 10.8. The van der Waals surface area contributed by atoms with Crippen LogP contribution in [0.2, 0.25) is 0 Å². The zero-order chi connectivity index (χ0) is 24.9. The lowest BCUT2D eigenvalue weighted by Crippen LogP contribution is -2.33. The molecule has 0 aliphatic rings. The number of carbonyl (C=O) groups excluding carboxylic acids is 1. The lowest BCUT2D eigenvalue weighted by molar-refractivity contribution is -0.153. The number of nitrogens with one attached hydrogen (secondary N) is 1. The van der Waals surface area contributed by atoms with Gasteiger partial charge >= 0.3 is 27.7 Å². The Morgan fingerprint density at radius 3 is 2.22 bits per heavy atom. The molecule has 13 heteroatoms. The number of rotatable bonds is 9. The SMILES string of the molecule is CC(C)OC(Cc1ccc(OS(=O)(=O)C(F)(F)F)c(CNC(=O)OC(C)(C)C)c1)C(=O)O. The van der Waals surface area contributed by atoms with Crippen LogP contribution in [0.1, 0.15) is 45.7 Å². The monoisotopic (exact) mass is 485 g/mol. The summed E-state index contributed by atoms with van der Waals surface area (Å²) in [7, 11) is -5.97. The lowest BCUT2D eigenvalue weighted by atomic mass is 10.0. The van der Waals surface area contributed by atoms with Gasteiger partial charge in [-0.25, -0.2) is 9.59 Å². The van der Waals surface area contributed by atoms with Gasteiger partial charge in [-0.15, -0.1) is 0 Å². The van der Waals surface area contributed by atoms with E-state index < -0.39 is 57.8 Å². The van der Waals surface area contributed by atoms with Crippen molar-refractivity contribution in [2.75, 3.05) is 0 Å². The molecule has 1 unspecified atom stereocenters. The fraction of sp³-hybridized carbons (Fsp3) is 0.579. The van der Waals surface area contributed by atoms with E-state index in [0.717, 1.165) is 6.07 Å². The molecule has 0 saturated heterocycles. The van der Waals surface area contributed by atoms with Crippen LogP contribution in [0.3, 0.4) is 0 Å². The molecule has 0 bridgehead atoms. The molecule has 1 amide bonds. The van der Waals surface area contributed by atoms with Crippen molar-refractivity contribution in [2.24, 2.45) is 0 Å². The van der Waals surface area contributed by atoms with Crippen molar-refractivity contribution in [3.05, 3.63) is 29.3 Å². The minimum atomic E-state index is -5.97. The summed E-state index contributed by atoms with van der Waals surface area (Å²) in [5.41, 5.74) is -6.36. The van der Waals surface area contributed by atoms with Gasteiger partial charge in [0.15, 0.2) is 6.10 Å². The van der Waals surface area contributed by atoms with Gasteiger partial charge in [0.05, 0.1) is 6.10 Å². The van der Waals surface area contributed by atoms with Crippen LogP contribution in [0, 0.1) is 0 Å². The van der Waals surface area contributed by atoms with Gasteiger partial charge in [-0.3, -0.25) is 0 Å². The van der Waals surface area contributed by atoms with Gasteiger partial charge in [0.1, 0.15) is 11.4 Å². The van der Waals surface area contributed by atoms with E-state index in [1.54, 1.807) is 34.6 Å². The minimum Gasteiger partial charge on any atom is -0.479 e. The molecule has 0 radical (unpaired) electrons. The predicted molar refractivity (Wildman–Crippen MR) is 106 cm³/mol. The van der Waals surface area contributed by atoms with Crippen LogP contribution < -0.4 is 9.50 Å². The van der Waals surface area contributed by atoms with Crippen LogP contribution in [-0.4, -0.2) is 48.9 Å². The number of carbonyl (C=O) groups is 2. The molecular formula is C19H26F3NO8S. The number of alkyl halides is 3. The Kier molecular flexibility index (Phi) is 8.92. The summed E-state index contributed by atoms with van der Waals surface area (Å²) in [6, 6.07) is 3.37. The highest BCUT2D eigenvalue weighted by Gasteiger charge is 2.48. The van der Waals surface area contributed by atoms with Crippen molar-refractivity contribution in [1.82, 2.24) is 5.32 Å². The molecule has 0 spiro atoms.